The first kappa shape index (κ1) is 15.4. The van der Waals surface area contributed by atoms with Gasteiger partial charge in [-0.25, -0.2) is 9.97 Å². The number of carbonyl (C=O) groups excluding carboxylic acids is 1. The van der Waals surface area contributed by atoms with Gasteiger partial charge in [-0.2, -0.15) is 0 Å². The molecule has 1 N–H and O–H groups in total. The van der Waals surface area contributed by atoms with Crippen LogP contribution in [0, 0.1) is 6.92 Å². The Hall–Kier alpha value is -2.18. The second-order valence-corrected chi connectivity index (χ2v) is 7.84. The van der Waals surface area contributed by atoms with E-state index in [2.05, 4.69) is 15.0 Å². The predicted octanol–water partition coefficient (Wildman–Crippen LogP) is 4.84. The number of Topliss-reactive ketones (excluding diaryl/α,β-unsaturated/α-hetero) is 1. The normalized spacial score (nSPS) is 12.8. The van der Waals surface area contributed by atoms with E-state index in [9.17, 15) is 4.79 Å². The third-order valence-electron chi connectivity index (χ3n) is 4.02. The molecule has 0 bridgehead atoms. The lowest BCUT2D eigenvalue weighted by Gasteiger charge is -2.10. The fourth-order valence-corrected chi connectivity index (χ4v) is 4.64. The molecule has 4 rings (SSSR count). The number of ketones is 1. The number of para-hydroxylation sites is 1. The van der Waals surface area contributed by atoms with Gasteiger partial charge in [0.1, 0.15) is 16.2 Å². The molecule has 0 saturated heterocycles. The summed E-state index contributed by atoms with van der Waals surface area (Å²) in [5, 5.41) is 4.64. The molecule has 0 amide bonds. The van der Waals surface area contributed by atoms with Crippen LogP contribution in [0.15, 0.2) is 47.1 Å². The van der Waals surface area contributed by atoms with E-state index in [0.717, 1.165) is 37.4 Å². The van der Waals surface area contributed by atoms with Crippen molar-refractivity contribution in [1.82, 2.24) is 15.0 Å². The van der Waals surface area contributed by atoms with Gasteiger partial charge in [0.05, 0.1) is 5.25 Å². The lowest BCUT2D eigenvalue weighted by atomic mass is 10.1. The Bertz CT molecular complexity index is 1050. The van der Waals surface area contributed by atoms with E-state index in [4.69, 9.17) is 0 Å². The zero-order chi connectivity index (χ0) is 16.7. The summed E-state index contributed by atoms with van der Waals surface area (Å²) in [7, 11) is 0. The largest absolute Gasteiger partial charge is 0.358 e. The molecule has 4 aromatic rings. The van der Waals surface area contributed by atoms with Crippen molar-refractivity contribution in [3.8, 4) is 0 Å². The molecule has 0 saturated carbocycles. The molecule has 4 nitrogen and oxygen atoms in total. The maximum atomic E-state index is 13.0. The maximum Gasteiger partial charge on any atom is 0.178 e. The second-order valence-electron chi connectivity index (χ2n) is 5.61. The number of hydrogen-bond acceptors (Lipinski definition) is 5. The number of nitrogens with one attached hydrogen (secondary N) is 1. The molecular weight excluding hydrogens is 338 g/mol. The fourth-order valence-electron chi connectivity index (χ4n) is 2.88. The van der Waals surface area contributed by atoms with Crippen LogP contribution in [0.25, 0.3) is 21.1 Å². The number of benzene rings is 1. The van der Waals surface area contributed by atoms with Crippen molar-refractivity contribution in [2.45, 2.75) is 24.1 Å². The zero-order valence-corrected chi connectivity index (χ0v) is 14.9. The molecule has 120 valence electrons. The van der Waals surface area contributed by atoms with Crippen LogP contribution in [0.1, 0.15) is 23.0 Å². The molecule has 3 heterocycles. The highest BCUT2D eigenvalue weighted by Gasteiger charge is 2.23. The van der Waals surface area contributed by atoms with Gasteiger partial charge in [0.25, 0.3) is 0 Å². The number of aromatic amines is 1. The minimum absolute atomic E-state index is 0.122. The highest BCUT2D eigenvalue weighted by Crippen LogP contribution is 2.33. The Morgan fingerprint density at radius 2 is 2.04 bits per heavy atom. The number of carbonyl (C=O) groups is 1. The summed E-state index contributed by atoms with van der Waals surface area (Å²) in [5.41, 5.74) is 2.69. The highest BCUT2D eigenvalue weighted by atomic mass is 32.2. The van der Waals surface area contributed by atoms with Crippen molar-refractivity contribution in [1.29, 1.82) is 0 Å². The maximum absolute atomic E-state index is 13.0. The van der Waals surface area contributed by atoms with Gasteiger partial charge in [0, 0.05) is 27.5 Å². The molecule has 24 heavy (non-hydrogen) atoms. The van der Waals surface area contributed by atoms with E-state index >= 15 is 0 Å². The molecule has 3 aromatic heterocycles. The fraction of sp³-hybridized carbons (Fsp3) is 0.167. The summed E-state index contributed by atoms with van der Waals surface area (Å²) in [6.07, 6.45) is 1.56. The van der Waals surface area contributed by atoms with Crippen molar-refractivity contribution < 1.29 is 4.79 Å². The number of nitrogens with zero attached hydrogens (tertiary/aromatic N) is 2. The number of aromatic nitrogens is 3. The van der Waals surface area contributed by atoms with Crippen LogP contribution in [0.5, 0.6) is 0 Å². The van der Waals surface area contributed by atoms with E-state index in [1.807, 2.05) is 49.6 Å². The number of fused-ring (bicyclic) bond motifs is 2. The summed E-state index contributed by atoms with van der Waals surface area (Å²) >= 11 is 3.08. The van der Waals surface area contributed by atoms with Crippen molar-refractivity contribution in [2.75, 3.05) is 0 Å². The molecule has 0 aliphatic heterocycles. The Morgan fingerprint density at radius 1 is 1.21 bits per heavy atom. The number of aryl methyl sites for hydroxylation is 1. The average molecular weight is 353 g/mol. The van der Waals surface area contributed by atoms with Gasteiger partial charge in [-0.3, -0.25) is 4.79 Å². The number of H-pyrrole nitrogens is 1. The Kier molecular flexibility index (Phi) is 3.86. The molecule has 1 atom stereocenters. The first-order chi connectivity index (χ1) is 11.6. The van der Waals surface area contributed by atoms with Crippen molar-refractivity contribution >= 4 is 50.0 Å². The van der Waals surface area contributed by atoms with Crippen molar-refractivity contribution in [3.05, 3.63) is 53.3 Å². The van der Waals surface area contributed by atoms with Crippen LogP contribution < -0.4 is 0 Å². The molecule has 1 aromatic carbocycles. The van der Waals surface area contributed by atoms with Gasteiger partial charge in [-0.15, -0.1) is 11.3 Å². The highest BCUT2D eigenvalue weighted by molar-refractivity contribution is 8.00. The number of hydrogen-bond donors (Lipinski definition) is 1. The monoisotopic (exact) mass is 353 g/mol. The van der Waals surface area contributed by atoms with E-state index in [-0.39, 0.29) is 11.0 Å². The van der Waals surface area contributed by atoms with E-state index in [0.29, 0.717) is 0 Å². The standard InChI is InChI=1S/C18H15N3OS2/c1-10-15(12-5-3-4-6-14(12)21-10)16(22)11(2)24-18-13-7-8-23-17(13)19-9-20-18/h3-9,11,21H,1-2H3/t11-/m0/s1. The van der Waals surface area contributed by atoms with Crippen LogP contribution in [-0.2, 0) is 0 Å². The molecule has 0 radical (unpaired) electrons. The van der Waals surface area contributed by atoms with Crippen LogP contribution in [-0.4, -0.2) is 26.0 Å². The number of thiophene rings is 1. The van der Waals surface area contributed by atoms with Crippen LogP contribution in [0.2, 0.25) is 0 Å². The van der Waals surface area contributed by atoms with Crippen LogP contribution in [0.3, 0.4) is 0 Å². The lowest BCUT2D eigenvalue weighted by Crippen LogP contribution is -2.14. The molecule has 0 aliphatic carbocycles. The van der Waals surface area contributed by atoms with E-state index in [1.54, 1.807) is 17.7 Å². The first-order valence-electron chi connectivity index (χ1n) is 7.61. The van der Waals surface area contributed by atoms with Crippen LogP contribution in [0.4, 0.5) is 0 Å². The number of rotatable bonds is 4. The second kappa shape index (κ2) is 6.03. The third-order valence-corrected chi connectivity index (χ3v) is 5.96. The first-order valence-corrected chi connectivity index (χ1v) is 9.37. The summed E-state index contributed by atoms with van der Waals surface area (Å²) in [6, 6.07) is 9.93. The molecule has 0 fully saturated rings. The van der Waals surface area contributed by atoms with Gasteiger partial charge in [0.15, 0.2) is 5.78 Å². The molecule has 0 aliphatic rings. The smallest absolute Gasteiger partial charge is 0.178 e. The minimum Gasteiger partial charge on any atom is -0.358 e. The molecule has 0 spiro atoms. The SMILES string of the molecule is Cc1[nH]c2ccccc2c1C(=O)[C@H](C)Sc1ncnc2sccc12. The lowest BCUT2D eigenvalue weighted by molar-refractivity contribution is 0.0995. The van der Waals surface area contributed by atoms with Crippen LogP contribution >= 0.6 is 23.1 Å². The number of thioether (sulfide) groups is 1. The summed E-state index contributed by atoms with van der Waals surface area (Å²) in [5.74, 6) is 0.122. The van der Waals surface area contributed by atoms with E-state index < -0.39 is 0 Å². The van der Waals surface area contributed by atoms with Crippen molar-refractivity contribution in [2.24, 2.45) is 0 Å². The predicted molar refractivity (Wildman–Crippen MR) is 100 cm³/mol. The topological polar surface area (TPSA) is 58.6 Å². The Labute approximate surface area is 147 Å². The van der Waals surface area contributed by atoms with Crippen molar-refractivity contribution in [3.63, 3.8) is 0 Å². The van der Waals surface area contributed by atoms with Gasteiger partial charge in [-0.1, -0.05) is 30.0 Å². The van der Waals surface area contributed by atoms with E-state index in [1.165, 1.54) is 11.8 Å². The average Bonchev–Trinajstić information content (AvgIpc) is 3.18. The Balaban J connectivity index is 1.69. The van der Waals surface area contributed by atoms with Gasteiger partial charge < -0.3 is 4.98 Å². The summed E-state index contributed by atoms with van der Waals surface area (Å²) in [6.45, 7) is 3.89. The quantitative estimate of drug-likeness (QED) is 0.324. The molecule has 6 heteroatoms. The minimum atomic E-state index is -0.221. The summed E-state index contributed by atoms with van der Waals surface area (Å²) in [4.78, 5) is 25.9. The Morgan fingerprint density at radius 3 is 2.92 bits per heavy atom. The van der Waals surface area contributed by atoms with Gasteiger partial charge >= 0.3 is 0 Å². The molecule has 0 unspecified atom stereocenters. The zero-order valence-electron chi connectivity index (χ0n) is 13.2. The third kappa shape index (κ3) is 2.52. The van der Waals surface area contributed by atoms with Gasteiger partial charge in [-0.05, 0) is 31.4 Å². The molecular formula is C18H15N3OS2. The summed E-state index contributed by atoms with van der Waals surface area (Å²) < 4.78 is 0. The van der Waals surface area contributed by atoms with Gasteiger partial charge in [0.2, 0.25) is 0 Å².